The van der Waals surface area contributed by atoms with Crippen molar-refractivity contribution >= 4 is 8.41 Å². The van der Waals surface area contributed by atoms with E-state index in [1.807, 2.05) is 0 Å². The highest BCUT2D eigenvalue weighted by Gasteiger charge is 0.0000577. The summed E-state index contributed by atoms with van der Waals surface area (Å²) in [6, 6.07) is 0. The molecule has 0 fully saturated rings. The molecule has 0 aliphatic rings. The van der Waals surface area contributed by atoms with E-state index in [1.165, 1.54) is 0 Å². The number of rotatable bonds is 0. The zero-order valence-electron chi connectivity index (χ0n) is 0.986. The van der Waals surface area contributed by atoms with Crippen LogP contribution >= 0.6 is 0 Å². The fourth-order valence-corrected chi connectivity index (χ4v) is 0. The monoisotopic (exact) mass is 98.2 g/mol. The molecule has 0 atom stereocenters. The van der Waals surface area contributed by atoms with Crippen molar-refractivity contribution in [1.29, 1.82) is 0 Å². The Labute approximate surface area is 45.4 Å². The largest absolute Gasteiger partial charge is 0.269 e. The summed E-state index contributed by atoms with van der Waals surface area (Å²) in [5.74, 6) is 0. The molecule has 0 spiro atoms. The molecule has 0 saturated heterocycles. The number of halogens is 1. The Morgan fingerprint density at radius 3 is 0.667 bits per heavy atom. The highest BCUT2D eigenvalue weighted by molar-refractivity contribution is 5.75. The standard InChI is InChI=1S/4CH4.B.FH.H2/h4*1H4;;2*1H/i;;;;;;1+1. The lowest BCUT2D eigenvalue weighted by atomic mass is 10.8. The molecule has 0 aromatic carbocycles. The lowest BCUT2D eigenvalue weighted by molar-refractivity contribution is 1.11. The Kier molecular flexibility index (Phi) is 3020000000000. The van der Waals surface area contributed by atoms with Crippen molar-refractivity contribution in [3.8, 4) is 0 Å². The van der Waals surface area contributed by atoms with Crippen LogP contribution in [0.4, 0.5) is 4.70 Å². The van der Waals surface area contributed by atoms with Gasteiger partial charge in [0.25, 0.3) is 0 Å². The third-order valence-corrected chi connectivity index (χ3v) is 0. The summed E-state index contributed by atoms with van der Waals surface area (Å²) in [6.45, 7) is 0. The van der Waals surface area contributed by atoms with Crippen LogP contribution in [0.1, 0.15) is 31.1 Å². The Balaban J connectivity index is 0. The minimum Gasteiger partial charge on any atom is -0.269 e. The van der Waals surface area contributed by atoms with Gasteiger partial charge in [0, 0.05) is 9.84 Å². The van der Waals surface area contributed by atoms with Gasteiger partial charge >= 0.3 is 0 Å². The van der Waals surface area contributed by atoms with Crippen molar-refractivity contribution in [2.75, 3.05) is 0 Å². The van der Waals surface area contributed by atoms with Crippen molar-refractivity contribution in [3.63, 3.8) is 0 Å². The molecule has 0 aliphatic heterocycles. The van der Waals surface area contributed by atoms with E-state index in [1.54, 1.807) is 0 Å². The molecule has 0 unspecified atom stereocenters. The van der Waals surface area contributed by atoms with Gasteiger partial charge in [-0.1, -0.05) is 29.7 Å². The van der Waals surface area contributed by atoms with Crippen molar-refractivity contribution < 1.29 is 6.13 Å². The first-order chi connectivity index (χ1) is 0. The van der Waals surface area contributed by atoms with Crippen LogP contribution in [0.3, 0.4) is 0 Å². The Morgan fingerprint density at radius 1 is 0.667 bits per heavy atom. The first-order valence-electron chi connectivity index (χ1n) is 0. The van der Waals surface area contributed by atoms with Gasteiger partial charge in [-0.2, -0.15) is 0 Å². The summed E-state index contributed by atoms with van der Waals surface area (Å²) >= 11 is 0. The molecule has 0 aliphatic carbocycles. The molecule has 0 heterocycles. The van der Waals surface area contributed by atoms with Gasteiger partial charge < -0.3 is 0 Å². The summed E-state index contributed by atoms with van der Waals surface area (Å²) in [5, 5.41) is 0. The fourth-order valence-electron chi connectivity index (χ4n) is 0. The summed E-state index contributed by atoms with van der Waals surface area (Å²) in [7, 11) is 0. The Hall–Kier alpha value is -0.00506. The molecule has 0 saturated carbocycles. The van der Waals surface area contributed by atoms with Crippen LogP contribution in [0.15, 0.2) is 0 Å². The summed E-state index contributed by atoms with van der Waals surface area (Å²) in [5.41, 5.74) is 0. The van der Waals surface area contributed by atoms with Crippen LogP contribution in [0.2, 0.25) is 0 Å². The average Bonchev–Trinajstić information content (AvgIpc) is 0. The fraction of sp³-hybridized carbons (Fsp3) is 1.00. The van der Waals surface area contributed by atoms with Gasteiger partial charge in [0.1, 0.15) is 0 Å². The van der Waals surface area contributed by atoms with Gasteiger partial charge in [-0.05, 0) is 0 Å². The molecule has 0 aromatic rings. The molecule has 45 valence electrons. The van der Waals surface area contributed by atoms with Crippen LogP contribution in [0.25, 0.3) is 0 Å². The first kappa shape index (κ1) is 5830000. The molecular weight excluding hydrogens is 77.9 g/mol. The zero-order valence-corrected chi connectivity index (χ0v) is 0.986. The normalized spacial score (nSPS) is 0. The molecule has 0 amide bonds. The van der Waals surface area contributed by atoms with Gasteiger partial charge in [0.15, 0.2) is 0 Å². The van der Waals surface area contributed by atoms with E-state index in [-0.39, 0.29) is 44.3 Å². The minimum absolute atomic E-state index is 0. The van der Waals surface area contributed by atoms with Gasteiger partial charge in [0.05, 0.1) is 0 Å². The lowest BCUT2D eigenvalue weighted by Gasteiger charge is -0.269. The molecule has 2 heteroatoms. The summed E-state index contributed by atoms with van der Waals surface area (Å²) < 4.78 is 0. The maximum atomic E-state index is 0. The Bertz CT molecular complexity index is 11.7. The molecule has 6 heavy (non-hydrogen) atoms. The van der Waals surface area contributed by atoms with Gasteiger partial charge in [-0.15, -0.1) is 0 Å². The second kappa shape index (κ2) is 3110000. The molecule has 0 nitrogen and oxygen atoms in total. The second-order valence-electron chi connectivity index (χ2n) is 0. The smallest absolute Gasteiger partial charge is 0 e. The van der Waals surface area contributed by atoms with E-state index < -0.39 is 0 Å². The molecule has 0 N–H and O–H groups in total. The van der Waals surface area contributed by atoms with Gasteiger partial charge in [-0.25, -0.2) is 0 Å². The Morgan fingerprint density at radius 2 is 0.667 bits per heavy atom. The maximum absolute atomic E-state index is 0. The van der Waals surface area contributed by atoms with Crippen molar-refractivity contribution in [2.45, 2.75) is 29.7 Å². The SMILES string of the molecule is C.C.C.C.F.[2HH].[B]. The van der Waals surface area contributed by atoms with E-state index in [0.717, 1.165) is 0 Å². The van der Waals surface area contributed by atoms with Gasteiger partial charge in [0.2, 0.25) is 0 Å². The topological polar surface area (TPSA) is 0 Å². The van der Waals surface area contributed by atoms with Crippen LogP contribution in [0, 0.1) is 0 Å². The maximum Gasteiger partial charge on any atom is 0 e. The summed E-state index contributed by atoms with van der Waals surface area (Å²) in [6.07, 6.45) is 0. The van der Waals surface area contributed by atoms with Crippen LogP contribution in [-0.2, 0) is 0 Å². The van der Waals surface area contributed by atoms with E-state index in [2.05, 4.69) is 0 Å². The van der Waals surface area contributed by atoms with Crippen molar-refractivity contribution in [2.24, 2.45) is 0 Å². The number of hydrogen-bond donors (Lipinski definition) is 0. The van der Waals surface area contributed by atoms with Crippen LogP contribution < -0.4 is 0 Å². The molecule has 0 rings (SSSR count). The second-order valence-corrected chi connectivity index (χ2v) is 0. The van der Waals surface area contributed by atoms with E-state index >= 15 is 0 Å². The minimum atomic E-state index is 0. The van der Waals surface area contributed by atoms with Gasteiger partial charge in [-0.3, -0.25) is 4.70 Å². The summed E-state index contributed by atoms with van der Waals surface area (Å²) in [4.78, 5) is 0. The number of hydrogen-bond acceptors (Lipinski definition) is 0. The third-order valence-electron chi connectivity index (χ3n) is 0. The quantitative estimate of drug-likeness (QED) is 0.408. The van der Waals surface area contributed by atoms with E-state index in [0.29, 0.717) is 0 Å². The van der Waals surface area contributed by atoms with E-state index in [4.69, 9.17) is 0 Å². The lowest BCUT2D eigenvalue weighted by Crippen LogP contribution is -0.381. The molecule has 3 radical (unpaired) electrons. The predicted octanol–water partition coefficient (Wildman–Crippen LogP) is 2.56. The predicted molar refractivity (Wildman–Crippen MR) is 37.3 cm³/mol. The highest BCUT2D eigenvalue weighted by atomic mass is 19.0. The van der Waals surface area contributed by atoms with Crippen LogP contribution in [0.5, 0.6) is 0 Å². The highest BCUT2D eigenvalue weighted by Crippen LogP contribution is 0.420. The van der Waals surface area contributed by atoms with E-state index in [9.17, 15) is 0 Å². The molecular formula is C4H19BF. The zero-order chi connectivity index (χ0) is 0. The molecule has 0 bridgehead atoms. The first-order valence-corrected chi connectivity index (χ1v) is 0. The molecule has 0 aromatic heterocycles. The van der Waals surface area contributed by atoms with Crippen molar-refractivity contribution in [3.05, 3.63) is 0 Å². The third kappa shape index (κ3) is 1400000. The van der Waals surface area contributed by atoms with Crippen molar-refractivity contribution in [1.82, 2.24) is 0 Å². The van der Waals surface area contributed by atoms with Crippen LogP contribution in [-0.4, -0.2) is 8.41 Å². The average molecular weight is 98.0 g/mol.